The highest BCUT2D eigenvalue weighted by molar-refractivity contribution is 7.80. The molecule has 0 spiro atoms. The number of nitrogens with zero attached hydrogens (tertiary/aromatic N) is 2. The molecule has 1 amide bonds. The average molecular weight is 369 g/mol. The molecule has 1 saturated heterocycles. The summed E-state index contributed by atoms with van der Waals surface area (Å²) in [5.41, 5.74) is 1.80. The second kappa shape index (κ2) is 8.78. The fraction of sp³-hybridized carbons (Fsp3) is 0.300. The van der Waals surface area contributed by atoms with Crippen LogP contribution in [0.4, 0.5) is 0 Å². The zero-order valence-electron chi connectivity index (χ0n) is 14.9. The minimum atomic E-state index is -0.237. The average Bonchev–Trinajstić information content (AvgIpc) is 2.69. The third-order valence-electron chi connectivity index (χ3n) is 4.48. The molecular formula is C20H23N3O2S. The van der Waals surface area contributed by atoms with Crippen molar-refractivity contribution in [2.24, 2.45) is 0 Å². The van der Waals surface area contributed by atoms with E-state index in [1.165, 1.54) is 5.56 Å². The fourth-order valence-corrected chi connectivity index (χ4v) is 3.30. The minimum absolute atomic E-state index is 0.237. The van der Waals surface area contributed by atoms with Gasteiger partial charge in [0.1, 0.15) is 5.75 Å². The molecule has 0 saturated carbocycles. The van der Waals surface area contributed by atoms with Gasteiger partial charge in [-0.1, -0.05) is 42.5 Å². The zero-order chi connectivity index (χ0) is 18.4. The monoisotopic (exact) mass is 369 g/mol. The number of benzene rings is 2. The van der Waals surface area contributed by atoms with Crippen molar-refractivity contribution in [3.05, 3.63) is 65.7 Å². The van der Waals surface area contributed by atoms with Gasteiger partial charge in [-0.15, -0.1) is 0 Å². The Morgan fingerprint density at radius 2 is 1.69 bits per heavy atom. The molecule has 0 aromatic heterocycles. The van der Waals surface area contributed by atoms with Crippen molar-refractivity contribution in [1.29, 1.82) is 0 Å². The minimum Gasteiger partial charge on any atom is -0.496 e. The zero-order valence-corrected chi connectivity index (χ0v) is 15.7. The van der Waals surface area contributed by atoms with Crippen molar-refractivity contribution < 1.29 is 9.53 Å². The number of hydrogen-bond donors (Lipinski definition) is 1. The number of para-hydroxylation sites is 1. The molecule has 2 aromatic carbocycles. The summed E-state index contributed by atoms with van der Waals surface area (Å²) >= 11 is 5.43. The summed E-state index contributed by atoms with van der Waals surface area (Å²) in [6.45, 7) is 4.38. The van der Waals surface area contributed by atoms with Gasteiger partial charge in [0, 0.05) is 32.7 Å². The lowest BCUT2D eigenvalue weighted by Crippen LogP contribution is -2.52. The van der Waals surface area contributed by atoms with Crippen LogP contribution in [0.2, 0.25) is 0 Å². The highest BCUT2D eigenvalue weighted by Gasteiger charge is 2.21. The molecule has 2 aromatic rings. The molecule has 1 aliphatic heterocycles. The summed E-state index contributed by atoms with van der Waals surface area (Å²) in [6.07, 6.45) is 0. The molecular weight excluding hydrogens is 346 g/mol. The molecule has 0 bridgehead atoms. The lowest BCUT2D eigenvalue weighted by molar-refractivity contribution is 0.0966. The second-order valence-corrected chi connectivity index (χ2v) is 6.60. The SMILES string of the molecule is COc1ccccc1C(=O)NC(=S)N1CCN(Cc2ccccc2)CC1. The van der Waals surface area contributed by atoms with Crippen LogP contribution in [0.15, 0.2) is 54.6 Å². The van der Waals surface area contributed by atoms with Crippen molar-refractivity contribution in [2.45, 2.75) is 6.54 Å². The van der Waals surface area contributed by atoms with Gasteiger partial charge in [0.2, 0.25) is 0 Å². The van der Waals surface area contributed by atoms with Crippen LogP contribution < -0.4 is 10.1 Å². The Balaban J connectivity index is 1.51. The normalized spacial score (nSPS) is 14.7. The van der Waals surface area contributed by atoms with Gasteiger partial charge in [0.05, 0.1) is 12.7 Å². The number of methoxy groups -OCH3 is 1. The van der Waals surface area contributed by atoms with Gasteiger partial charge < -0.3 is 9.64 Å². The highest BCUT2D eigenvalue weighted by atomic mass is 32.1. The van der Waals surface area contributed by atoms with Gasteiger partial charge >= 0.3 is 0 Å². The van der Waals surface area contributed by atoms with E-state index in [4.69, 9.17) is 17.0 Å². The maximum Gasteiger partial charge on any atom is 0.261 e. The predicted octanol–water partition coefficient (Wildman–Crippen LogP) is 2.53. The number of rotatable bonds is 4. The summed E-state index contributed by atoms with van der Waals surface area (Å²) in [5.74, 6) is 0.305. The molecule has 1 aliphatic rings. The predicted molar refractivity (Wildman–Crippen MR) is 106 cm³/mol. The maximum atomic E-state index is 12.5. The van der Waals surface area contributed by atoms with Gasteiger partial charge in [0.25, 0.3) is 5.91 Å². The highest BCUT2D eigenvalue weighted by Crippen LogP contribution is 2.17. The molecule has 26 heavy (non-hydrogen) atoms. The van der Waals surface area contributed by atoms with Gasteiger partial charge in [0.15, 0.2) is 5.11 Å². The van der Waals surface area contributed by atoms with E-state index in [0.717, 1.165) is 32.7 Å². The third kappa shape index (κ3) is 4.59. The van der Waals surface area contributed by atoms with Gasteiger partial charge in [-0.25, -0.2) is 0 Å². The van der Waals surface area contributed by atoms with Crippen molar-refractivity contribution in [3.63, 3.8) is 0 Å². The smallest absolute Gasteiger partial charge is 0.261 e. The van der Waals surface area contributed by atoms with E-state index in [1.807, 2.05) is 23.1 Å². The molecule has 1 N–H and O–H groups in total. The Hall–Kier alpha value is -2.44. The quantitative estimate of drug-likeness (QED) is 0.839. The van der Waals surface area contributed by atoms with Crippen LogP contribution in [-0.2, 0) is 6.54 Å². The summed E-state index contributed by atoms with van der Waals surface area (Å²) < 4.78 is 5.24. The first-order valence-corrected chi connectivity index (χ1v) is 9.08. The summed E-state index contributed by atoms with van der Waals surface area (Å²) in [7, 11) is 1.55. The van der Waals surface area contributed by atoms with Crippen molar-refractivity contribution in [2.75, 3.05) is 33.3 Å². The molecule has 1 heterocycles. The van der Waals surface area contributed by atoms with Crippen LogP contribution in [0.25, 0.3) is 0 Å². The van der Waals surface area contributed by atoms with E-state index >= 15 is 0 Å². The van der Waals surface area contributed by atoms with Crippen LogP contribution in [0.5, 0.6) is 5.75 Å². The van der Waals surface area contributed by atoms with Gasteiger partial charge in [-0.05, 0) is 29.9 Å². The van der Waals surface area contributed by atoms with Gasteiger partial charge in [-0.2, -0.15) is 0 Å². The largest absolute Gasteiger partial charge is 0.496 e. The molecule has 0 atom stereocenters. The number of carbonyl (C=O) groups is 1. The number of piperazine rings is 1. The molecule has 1 fully saturated rings. The Morgan fingerprint density at radius 1 is 1.04 bits per heavy atom. The number of nitrogens with one attached hydrogen (secondary N) is 1. The molecule has 136 valence electrons. The lowest BCUT2D eigenvalue weighted by Gasteiger charge is -2.36. The number of carbonyl (C=O) groups excluding carboxylic acids is 1. The summed E-state index contributed by atoms with van der Waals surface area (Å²) in [4.78, 5) is 16.9. The molecule has 6 heteroatoms. The van der Waals surface area contributed by atoms with E-state index in [1.54, 1.807) is 19.2 Å². The van der Waals surface area contributed by atoms with Gasteiger partial charge in [-0.3, -0.25) is 15.0 Å². The number of ether oxygens (including phenoxy) is 1. The van der Waals surface area contributed by atoms with Crippen molar-refractivity contribution in [3.8, 4) is 5.75 Å². The van der Waals surface area contributed by atoms with Crippen LogP contribution in [0.1, 0.15) is 15.9 Å². The Kier molecular flexibility index (Phi) is 6.20. The van der Waals surface area contributed by atoms with Crippen LogP contribution in [0.3, 0.4) is 0 Å². The molecule has 0 radical (unpaired) electrons. The maximum absolute atomic E-state index is 12.5. The van der Waals surface area contributed by atoms with E-state index in [2.05, 4.69) is 34.5 Å². The second-order valence-electron chi connectivity index (χ2n) is 6.21. The Bertz CT molecular complexity index is 759. The van der Waals surface area contributed by atoms with Crippen molar-refractivity contribution >= 4 is 23.2 Å². The number of thiocarbonyl (C=S) groups is 1. The number of hydrogen-bond acceptors (Lipinski definition) is 4. The van der Waals surface area contributed by atoms with E-state index in [-0.39, 0.29) is 5.91 Å². The first-order valence-electron chi connectivity index (χ1n) is 8.67. The molecule has 3 rings (SSSR count). The lowest BCUT2D eigenvalue weighted by atomic mass is 10.2. The first kappa shape index (κ1) is 18.4. The summed E-state index contributed by atoms with van der Waals surface area (Å²) in [6, 6.07) is 17.6. The summed E-state index contributed by atoms with van der Waals surface area (Å²) in [5, 5.41) is 3.30. The van der Waals surface area contributed by atoms with E-state index < -0.39 is 0 Å². The van der Waals surface area contributed by atoms with Crippen LogP contribution in [-0.4, -0.2) is 54.1 Å². The standard InChI is InChI=1S/C20H23N3O2S/c1-25-18-10-6-5-9-17(18)19(24)21-20(26)23-13-11-22(12-14-23)15-16-7-3-2-4-8-16/h2-10H,11-15H2,1H3,(H,21,24,26). The number of amides is 1. The van der Waals surface area contributed by atoms with Crippen molar-refractivity contribution in [1.82, 2.24) is 15.1 Å². The molecule has 0 unspecified atom stereocenters. The third-order valence-corrected chi connectivity index (χ3v) is 4.84. The Morgan fingerprint density at radius 3 is 2.38 bits per heavy atom. The topological polar surface area (TPSA) is 44.8 Å². The molecule has 5 nitrogen and oxygen atoms in total. The Labute approximate surface area is 159 Å². The van der Waals surface area contributed by atoms with E-state index in [9.17, 15) is 4.79 Å². The van der Waals surface area contributed by atoms with Crippen LogP contribution in [0, 0.1) is 0 Å². The molecule has 0 aliphatic carbocycles. The fourth-order valence-electron chi connectivity index (χ4n) is 3.03. The van der Waals surface area contributed by atoms with E-state index in [0.29, 0.717) is 16.4 Å². The van der Waals surface area contributed by atoms with Crippen LogP contribution >= 0.6 is 12.2 Å². The first-order chi connectivity index (χ1) is 12.7.